The minimum Gasteiger partial charge on any atom is -0.434 e. The molecule has 0 aromatic carbocycles. The zero-order valence-corrected chi connectivity index (χ0v) is 35.0. The number of nitrogens with zero attached hydrogens (tertiary/aromatic N) is 1. The van der Waals surface area contributed by atoms with Crippen LogP contribution in [0.25, 0.3) is 0 Å². The molecule has 0 fully saturated rings. The van der Waals surface area contributed by atoms with Gasteiger partial charge in [-0.15, -0.1) is 0 Å². The Kier molecular flexibility index (Phi) is 39.4. The zero-order valence-electron chi connectivity index (χ0n) is 35.0. The number of unbranched alkanes of at least 4 members (excludes halogenated alkanes) is 20. The summed E-state index contributed by atoms with van der Waals surface area (Å²) in [5.41, 5.74) is 0. The number of aliphatic hydroxyl groups excluding tert-OH is 1. The van der Waals surface area contributed by atoms with Gasteiger partial charge in [0.05, 0.1) is 19.8 Å². The van der Waals surface area contributed by atoms with E-state index in [0.29, 0.717) is 19.8 Å². The average Bonchev–Trinajstić information content (AvgIpc) is 3.13. The Balaban J connectivity index is 4.21. The van der Waals surface area contributed by atoms with E-state index >= 15 is 0 Å². The highest BCUT2D eigenvalue weighted by Crippen LogP contribution is 2.19. The molecule has 310 valence electrons. The maximum absolute atomic E-state index is 12.4. The molecule has 0 radical (unpaired) electrons. The molecule has 2 unspecified atom stereocenters. The first kappa shape index (κ1) is 50.5. The summed E-state index contributed by atoms with van der Waals surface area (Å²) < 4.78 is 22.4. The molecular weight excluding hydrogens is 654 g/mol. The largest absolute Gasteiger partial charge is 0.508 e. The first-order valence-electron chi connectivity index (χ1n) is 22.5. The standard InChI is InChI=1S/C44H87NO7/c1-5-9-13-17-19-25-33-41(31-23-15-11-7-3)51-43(47)49-39-29-21-27-35-45(37-38-46)36-28-22-30-40-50-44(48)52-42(32-24-16-12-8-4)34-26-20-18-14-10-6-2/h41-42,46H,5-40H2,1-4H3. The molecule has 1 N–H and O–H groups in total. The van der Waals surface area contributed by atoms with Crippen LogP contribution in [0.2, 0.25) is 0 Å². The summed E-state index contributed by atoms with van der Waals surface area (Å²) in [6.07, 6.45) is 32.6. The summed E-state index contributed by atoms with van der Waals surface area (Å²) in [4.78, 5) is 27.2. The van der Waals surface area contributed by atoms with Crippen LogP contribution in [-0.4, -0.2) is 74.0 Å². The van der Waals surface area contributed by atoms with Gasteiger partial charge in [-0.3, -0.25) is 0 Å². The predicted octanol–water partition coefficient (Wildman–Crippen LogP) is 13.1. The lowest BCUT2D eigenvalue weighted by Crippen LogP contribution is -2.29. The summed E-state index contributed by atoms with van der Waals surface area (Å²) in [7, 11) is 0. The Morgan fingerprint density at radius 2 is 0.731 bits per heavy atom. The van der Waals surface area contributed by atoms with Gasteiger partial charge in [0.2, 0.25) is 0 Å². The minimum absolute atomic E-state index is 0.0277. The normalized spacial score (nSPS) is 12.6. The number of rotatable bonds is 40. The molecule has 0 spiro atoms. The van der Waals surface area contributed by atoms with Crippen LogP contribution in [0.15, 0.2) is 0 Å². The van der Waals surface area contributed by atoms with Crippen LogP contribution in [-0.2, 0) is 18.9 Å². The van der Waals surface area contributed by atoms with Gasteiger partial charge in [-0.25, -0.2) is 9.59 Å². The fraction of sp³-hybridized carbons (Fsp3) is 0.955. The van der Waals surface area contributed by atoms with Crippen LogP contribution < -0.4 is 0 Å². The van der Waals surface area contributed by atoms with Crippen molar-refractivity contribution in [3.63, 3.8) is 0 Å². The molecular formula is C44H87NO7. The first-order valence-corrected chi connectivity index (χ1v) is 22.5. The third-order valence-electron chi connectivity index (χ3n) is 10.1. The second-order valence-corrected chi connectivity index (χ2v) is 15.2. The molecule has 0 saturated carbocycles. The van der Waals surface area contributed by atoms with Crippen LogP contribution in [0.3, 0.4) is 0 Å². The van der Waals surface area contributed by atoms with Crippen molar-refractivity contribution < 1.29 is 33.6 Å². The van der Waals surface area contributed by atoms with Crippen molar-refractivity contribution in [3.05, 3.63) is 0 Å². The van der Waals surface area contributed by atoms with Crippen LogP contribution in [0.1, 0.15) is 220 Å². The van der Waals surface area contributed by atoms with E-state index in [4.69, 9.17) is 18.9 Å². The molecule has 0 aromatic rings. The van der Waals surface area contributed by atoms with E-state index in [2.05, 4.69) is 32.6 Å². The minimum atomic E-state index is -0.513. The van der Waals surface area contributed by atoms with Crippen molar-refractivity contribution in [3.8, 4) is 0 Å². The van der Waals surface area contributed by atoms with E-state index in [-0.39, 0.29) is 18.8 Å². The van der Waals surface area contributed by atoms with Crippen LogP contribution in [0, 0.1) is 0 Å². The summed E-state index contributed by atoms with van der Waals surface area (Å²) in [6.45, 7) is 12.3. The van der Waals surface area contributed by atoms with E-state index in [1.165, 1.54) is 103 Å². The fourth-order valence-electron chi connectivity index (χ4n) is 6.78. The number of hydrogen-bond acceptors (Lipinski definition) is 8. The second-order valence-electron chi connectivity index (χ2n) is 15.2. The monoisotopic (exact) mass is 742 g/mol. The summed E-state index contributed by atoms with van der Waals surface area (Å²) in [5.74, 6) is 0. The summed E-state index contributed by atoms with van der Waals surface area (Å²) >= 11 is 0. The molecule has 0 aliphatic heterocycles. The van der Waals surface area contributed by atoms with E-state index in [9.17, 15) is 14.7 Å². The van der Waals surface area contributed by atoms with Crippen LogP contribution in [0.5, 0.6) is 0 Å². The van der Waals surface area contributed by atoms with Gasteiger partial charge in [0, 0.05) is 6.54 Å². The van der Waals surface area contributed by atoms with E-state index in [0.717, 1.165) is 103 Å². The van der Waals surface area contributed by atoms with Crippen molar-refractivity contribution in [2.45, 2.75) is 233 Å². The van der Waals surface area contributed by atoms with Gasteiger partial charge < -0.3 is 29.0 Å². The lowest BCUT2D eigenvalue weighted by molar-refractivity contribution is 0.0146. The SMILES string of the molecule is CCCCCCCCC(CCCCCC)OC(=O)OCCCCCN(CCO)CCCCCOC(=O)OC(CCCCCC)CCCCCCCC. The van der Waals surface area contributed by atoms with Crippen molar-refractivity contribution >= 4 is 12.3 Å². The third kappa shape index (κ3) is 35.5. The Labute approximate surface area is 322 Å². The molecule has 0 saturated heterocycles. The van der Waals surface area contributed by atoms with Gasteiger partial charge in [-0.2, -0.15) is 0 Å². The van der Waals surface area contributed by atoms with Gasteiger partial charge in [0.25, 0.3) is 0 Å². The van der Waals surface area contributed by atoms with Crippen LogP contribution in [0.4, 0.5) is 9.59 Å². The molecule has 0 aliphatic carbocycles. The molecule has 0 aromatic heterocycles. The lowest BCUT2D eigenvalue weighted by atomic mass is 10.0. The highest BCUT2D eigenvalue weighted by molar-refractivity contribution is 5.60. The molecule has 8 heteroatoms. The van der Waals surface area contributed by atoms with E-state index < -0.39 is 12.3 Å². The molecule has 2 atom stereocenters. The first-order chi connectivity index (χ1) is 25.5. The van der Waals surface area contributed by atoms with E-state index in [1.54, 1.807) is 0 Å². The Hall–Kier alpha value is -1.54. The van der Waals surface area contributed by atoms with Gasteiger partial charge >= 0.3 is 12.3 Å². The Morgan fingerprint density at radius 3 is 1.08 bits per heavy atom. The quantitative estimate of drug-likeness (QED) is 0.0490. The van der Waals surface area contributed by atoms with Gasteiger partial charge in [-0.05, 0) is 103 Å². The van der Waals surface area contributed by atoms with Crippen LogP contribution >= 0.6 is 0 Å². The number of ether oxygens (including phenoxy) is 4. The number of carbonyl (C=O) groups excluding carboxylic acids is 2. The fourth-order valence-corrected chi connectivity index (χ4v) is 6.78. The second kappa shape index (κ2) is 40.6. The van der Waals surface area contributed by atoms with Crippen molar-refractivity contribution in [1.82, 2.24) is 4.90 Å². The molecule has 0 bridgehead atoms. The van der Waals surface area contributed by atoms with Gasteiger partial charge in [0.1, 0.15) is 12.2 Å². The molecule has 0 aliphatic rings. The van der Waals surface area contributed by atoms with Crippen molar-refractivity contribution in [2.24, 2.45) is 0 Å². The summed E-state index contributed by atoms with van der Waals surface area (Å²) in [6, 6.07) is 0. The maximum atomic E-state index is 12.4. The molecule has 52 heavy (non-hydrogen) atoms. The maximum Gasteiger partial charge on any atom is 0.508 e. The Morgan fingerprint density at radius 1 is 0.423 bits per heavy atom. The smallest absolute Gasteiger partial charge is 0.434 e. The highest BCUT2D eigenvalue weighted by atomic mass is 16.7. The molecule has 0 amide bonds. The van der Waals surface area contributed by atoms with Crippen molar-refractivity contribution in [1.29, 1.82) is 0 Å². The number of carbonyl (C=O) groups is 2. The molecule has 8 nitrogen and oxygen atoms in total. The lowest BCUT2D eigenvalue weighted by Gasteiger charge is -2.21. The average molecular weight is 742 g/mol. The molecule has 0 rings (SSSR count). The van der Waals surface area contributed by atoms with E-state index in [1.807, 2.05) is 0 Å². The van der Waals surface area contributed by atoms with Gasteiger partial charge in [0.15, 0.2) is 0 Å². The number of hydrogen-bond donors (Lipinski definition) is 1. The zero-order chi connectivity index (χ0) is 38.2. The van der Waals surface area contributed by atoms with Gasteiger partial charge in [-0.1, -0.05) is 130 Å². The third-order valence-corrected chi connectivity index (χ3v) is 10.1. The molecule has 0 heterocycles. The topological polar surface area (TPSA) is 94.5 Å². The predicted molar refractivity (Wildman–Crippen MR) is 217 cm³/mol. The van der Waals surface area contributed by atoms with Crippen molar-refractivity contribution in [2.75, 3.05) is 39.5 Å². The Bertz CT molecular complexity index is 694. The summed E-state index contributed by atoms with van der Waals surface area (Å²) in [5, 5.41) is 9.57. The number of aliphatic hydroxyl groups is 1. The highest BCUT2D eigenvalue weighted by Gasteiger charge is 2.17.